The minimum Gasteiger partial charge on any atom is -0.364 e. The SMILES string of the molecule is [C-]#[N+]c1ccc2c(n1)c(N1CCN(Cc3cccnc3)[C@H](C)C1)c(C#N)c(=O)n2C. The lowest BCUT2D eigenvalue weighted by Crippen LogP contribution is -2.52. The van der Waals surface area contributed by atoms with E-state index in [9.17, 15) is 10.1 Å². The van der Waals surface area contributed by atoms with Gasteiger partial charge in [-0.05, 0) is 30.7 Å². The van der Waals surface area contributed by atoms with E-state index in [1.54, 1.807) is 25.4 Å². The Morgan fingerprint density at radius 2 is 2.17 bits per heavy atom. The Morgan fingerprint density at radius 1 is 1.33 bits per heavy atom. The molecule has 0 aromatic carbocycles. The second kappa shape index (κ2) is 7.94. The van der Waals surface area contributed by atoms with Crippen molar-refractivity contribution in [2.24, 2.45) is 7.05 Å². The van der Waals surface area contributed by atoms with E-state index in [0.717, 1.165) is 18.7 Å². The predicted octanol–water partition coefficient (Wildman–Crippen LogP) is 2.46. The number of aryl methyl sites for hydroxylation is 1. The molecular weight excluding hydrogens is 378 g/mol. The molecule has 0 unspecified atom stereocenters. The smallest absolute Gasteiger partial charge is 0.271 e. The molecule has 30 heavy (non-hydrogen) atoms. The summed E-state index contributed by atoms with van der Waals surface area (Å²) in [5, 5.41) is 9.76. The highest BCUT2D eigenvalue weighted by Crippen LogP contribution is 2.30. The van der Waals surface area contributed by atoms with Crippen molar-refractivity contribution in [1.82, 2.24) is 19.4 Å². The molecular formula is C22H21N7O. The zero-order valence-corrected chi connectivity index (χ0v) is 16.9. The van der Waals surface area contributed by atoms with Gasteiger partial charge in [0, 0.05) is 51.7 Å². The highest BCUT2D eigenvalue weighted by Gasteiger charge is 2.30. The summed E-state index contributed by atoms with van der Waals surface area (Å²) in [5.74, 6) is 0.245. The molecule has 1 aliphatic rings. The van der Waals surface area contributed by atoms with Crippen molar-refractivity contribution in [3.05, 3.63) is 69.6 Å². The Kier molecular flexibility index (Phi) is 5.18. The Morgan fingerprint density at radius 3 is 2.83 bits per heavy atom. The fourth-order valence-electron chi connectivity index (χ4n) is 4.01. The average molecular weight is 399 g/mol. The second-order valence-corrected chi connectivity index (χ2v) is 7.48. The lowest BCUT2D eigenvalue weighted by Gasteiger charge is -2.41. The summed E-state index contributed by atoms with van der Waals surface area (Å²) in [6, 6.07) is 9.60. The first-order valence-corrected chi connectivity index (χ1v) is 9.72. The normalized spacial score (nSPS) is 16.9. The van der Waals surface area contributed by atoms with E-state index in [-0.39, 0.29) is 23.0 Å². The van der Waals surface area contributed by atoms with Gasteiger partial charge in [0.15, 0.2) is 0 Å². The van der Waals surface area contributed by atoms with Crippen molar-refractivity contribution in [2.45, 2.75) is 19.5 Å². The van der Waals surface area contributed by atoms with Gasteiger partial charge < -0.3 is 14.3 Å². The van der Waals surface area contributed by atoms with Crippen LogP contribution in [0, 0.1) is 17.9 Å². The van der Waals surface area contributed by atoms with E-state index < -0.39 is 0 Å². The Balaban J connectivity index is 1.73. The van der Waals surface area contributed by atoms with Gasteiger partial charge in [0.25, 0.3) is 11.4 Å². The molecule has 1 atom stereocenters. The molecule has 0 spiro atoms. The summed E-state index contributed by atoms with van der Waals surface area (Å²) in [6.07, 6.45) is 3.64. The number of fused-ring (bicyclic) bond motifs is 1. The van der Waals surface area contributed by atoms with Gasteiger partial charge in [-0.1, -0.05) is 12.6 Å². The maximum Gasteiger partial charge on any atom is 0.271 e. The number of hydrogen-bond donors (Lipinski definition) is 0. The molecule has 0 aliphatic carbocycles. The zero-order valence-electron chi connectivity index (χ0n) is 16.9. The molecule has 3 aromatic heterocycles. The minimum atomic E-state index is -0.345. The zero-order chi connectivity index (χ0) is 21.3. The molecule has 8 heteroatoms. The summed E-state index contributed by atoms with van der Waals surface area (Å²) in [6.45, 7) is 12.3. The molecule has 4 heterocycles. The number of piperazine rings is 1. The molecule has 1 aliphatic heterocycles. The number of pyridine rings is 3. The molecule has 0 radical (unpaired) electrons. The molecule has 0 amide bonds. The maximum absolute atomic E-state index is 12.8. The van der Waals surface area contributed by atoms with Crippen LogP contribution >= 0.6 is 0 Å². The van der Waals surface area contributed by atoms with E-state index in [0.29, 0.717) is 29.8 Å². The van der Waals surface area contributed by atoms with Crippen LogP contribution in [0.4, 0.5) is 11.5 Å². The number of nitrogens with zero attached hydrogens (tertiary/aromatic N) is 7. The summed E-state index contributed by atoms with van der Waals surface area (Å²) < 4.78 is 1.43. The van der Waals surface area contributed by atoms with Gasteiger partial charge in [-0.15, -0.1) is 4.98 Å². The summed E-state index contributed by atoms with van der Waals surface area (Å²) in [7, 11) is 1.63. The van der Waals surface area contributed by atoms with Crippen LogP contribution < -0.4 is 10.5 Å². The molecule has 8 nitrogen and oxygen atoms in total. The Bertz CT molecular complexity index is 1240. The van der Waals surface area contributed by atoms with Crippen LogP contribution in [0.15, 0.2) is 41.5 Å². The van der Waals surface area contributed by atoms with Crippen LogP contribution in [0.3, 0.4) is 0 Å². The summed E-state index contributed by atoms with van der Waals surface area (Å²) in [5.41, 5.74) is 2.56. The predicted molar refractivity (Wildman–Crippen MR) is 114 cm³/mol. The van der Waals surface area contributed by atoms with Gasteiger partial charge in [0.2, 0.25) is 5.52 Å². The lowest BCUT2D eigenvalue weighted by atomic mass is 10.1. The van der Waals surface area contributed by atoms with E-state index in [1.807, 2.05) is 12.3 Å². The molecule has 150 valence electrons. The van der Waals surface area contributed by atoms with E-state index >= 15 is 0 Å². The summed E-state index contributed by atoms with van der Waals surface area (Å²) in [4.78, 5) is 29.3. The number of aromatic nitrogens is 3. The van der Waals surface area contributed by atoms with Crippen LogP contribution in [0.25, 0.3) is 15.9 Å². The van der Waals surface area contributed by atoms with E-state index in [1.165, 1.54) is 4.57 Å². The lowest BCUT2D eigenvalue weighted by molar-refractivity contribution is 0.181. The largest absolute Gasteiger partial charge is 0.364 e. The van der Waals surface area contributed by atoms with Crippen LogP contribution in [0.1, 0.15) is 18.1 Å². The highest BCUT2D eigenvalue weighted by atomic mass is 16.1. The van der Waals surface area contributed by atoms with Gasteiger partial charge in [-0.3, -0.25) is 14.7 Å². The molecule has 0 N–H and O–H groups in total. The Labute approximate surface area is 174 Å². The van der Waals surface area contributed by atoms with Crippen molar-refractivity contribution in [1.29, 1.82) is 5.26 Å². The number of anilines is 1. The third-order valence-electron chi connectivity index (χ3n) is 5.62. The van der Waals surface area contributed by atoms with Gasteiger partial charge in [0.1, 0.15) is 17.3 Å². The molecule has 4 rings (SSSR count). The van der Waals surface area contributed by atoms with Crippen molar-refractivity contribution in [2.75, 3.05) is 24.5 Å². The highest BCUT2D eigenvalue weighted by molar-refractivity contribution is 5.92. The molecule has 0 saturated carbocycles. The van der Waals surface area contributed by atoms with Crippen LogP contribution in [-0.4, -0.2) is 45.1 Å². The first-order valence-electron chi connectivity index (χ1n) is 9.72. The molecule has 0 bridgehead atoms. The maximum atomic E-state index is 12.8. The standard InChI is InChI=1S/C22H21N7O/c1-15-13-29(10-9-28(15)14-16-5-4-8-25-12-16)21-17(11-23)22(30)27(3)18-6-7-19(24-2)26-20(18)21/h4-8,12,15H,9-10,13-14H2,1,3H3/t15-/m1/s1. The Hall–Kier alpha value is -3.75. The molecule has 1 saturated heterocycles. The fourth-order valence-corrected chi connectivity index (χ4v) is 4.01. The van der Waals surface area contributed by atoms with Gasteiger partial charge in [0.05, 0.1) is 5.52 Å². The first kappa shape index (κ1) is 19.6. The van der Waals surface area contributed by atoms with Crippen LogP contribution in [-0.2, 0) is 13.6 Å². The minimum absolute atomic E-state index is 0.0764. The number of rotatable bonds is 3. The van der Waals surface area contributed by atoms with E-state index in [2.05, 4.69) is 43.7 Å². The summed E-state index contributed by atoms with van der Waals surface area (Å²) >= 11 is 0. The third kappa shape index (κ3) is 3.38. The van der Waals surface area contributed by atoms with Gasteiger partial charge >= 0.3 is 0 Å². The van der Waals surface area contributed by atoms with E-state index in [4.69, 9.17) is 6.57 Å². The molecule has 3 aromatic rings. The number of hydrogen-bond acceptors (Lipinski definition) is 6. The van der Waals surface area contributed by atoms with Crippen LogP contribution in [0.5, 0.6) is 0 Å². The van der Waals surface area contributed by atoms with Crippen molar-refractivity contribution < 1.29 is 0 Å². The van der Waals surface area contributed by atoms with Gasteiger partial charge in [-0.25, -0.2) is 0 Å². The number of nitriles is 1. The van der Waals surface area contributed by atoms with Gasteiger partial charge in [-0.2, -0.15) is 5.26 Å². The van der Waals surface area contributed by atoms with Crippen LogP contribution in [0.2, 0.25) is 0 Å². The molecule has 1 fully saturated rings. The third-order valence-corrected chi connectivity index (χ3v) is 5.62. The van der Waals surface area contributed by atoms with Crippen molar-refractivity contribution in [3.63, 3.8) is 0 Å². The fraction of sp³-hybridized carbons (Fsp3) is 0.318. The topological polar surface area (TPSA) is 82.4 Å². The first-order chi connectivity index (χ1) is 14.5. The quantitative estimate of drug-likeness (QED) is 0.629. The monoisotopic (exact) mass is 399 g/mol. The average Bonchev–Trinajstić information content (AvgIpc) is 2.77. The van der Waals surface area contributed by atoms with Crippen molar-refractivity contribution >= 4 is 22.5 Å². The van der Waals surface area contributed by atoms with Crippen molar-refractivity contribution in [3.8, 4) is 6.07 Å². The second-order valence-electron chi connectivity index (χ2n) is 7.48.